The molecule has 5 nitrogen and oxygen atoms in total. The van der Waals surface area contributed by atoms with Crippen molar-refractivity contribution in [1.82, 2.24) is 5.32 Å². The fraction of sp³-hybridized carbons (Fsp3) is 0. The monoisotopic (exact) mass is 270 g/mol. The Morgan fingerprint density at radius 1 is 1.05 bits per heavy atom. The van der Waals surface area contributed by atoms with Gasteiger partial charge in [0.25, 0.3) is 0 Å². The number of aromatic hydroxyl groups is 2. The van der Waals surface area contributed by atoms with Crippen LogP contribution in [0.5, 0.6) is 11.5 Å². The highest BCUT2D eigenvalue weighted by atomic mass is 16.3. The van der Waals surface area contributed by atoms with E-state index in [1.54, 1.807) is 6.08 Å². The van der Waals surface area contributed by atoms with Crippen LogP contribution in [0.25, 0.3) is 6.08 Å². The molecule has 2 amide bonds. The molecule has 0 heterocycles. The van der Waals surface area contributed by atoms with Crippen molar-refractivity contribution in [2.24, 2.45) is 0 Å². The third-order valence-corrected chi connectivity index (χ3v) is 2.52. The summed E-state index contributed by atoms with van der Waals surface area (Å²) >= 11 is 0. The molecule has 0 spiro atoms. The van der Waals surface area contributed by atoms with Gasteiger partial charge in [0.15, 0.2) is 0 Å². The summed E-state index contributed by atoms with van der Waals surface area (Å²) in [5.74, 6) is -0.273. The number of amides is 2. The fourth-order valence-electron chi connectivity index (χ4n) is 1.56. The maximum absolute atomic E-state index is 11.6. The minimum Gasteiger partial charge on any atom is -0.508 e. The molecule has 102 valence electrons. The van der Waals surface area contributed by atoms with Gasteiger partial charge in [0.05, 0.1) is 5.69 Å². The fourth-order valence-corrected chi connectivity index (χ4v) is 1.56. The van der Waals surface area contributed by atoms with E-state index in [4.69, 9.17) is 5.11 Å². The van der Waals surface area contributed by atoms with Crippen molar-refractivity contribution < 1.29 is 15.0 Å². The second kappa shape index (κ2) is 6.29. The van der Waals surface area contributed by atoms with E-state index in [1.165, 1.54) is 18.3 Å². The molecule has 0 radical (unpaired) electrons. The van der Waals surface area contributed by atoms with E-state index in [2.05, 4.69) is 10.6 Å². The Kier molecular flexibility index (Phi) is 4.24. The standard InChI is InChI=1S/C15H14N2O3/c18-12-6-7-13(14(19)10-12)17-15(20)16-9-8-11-4-2-1-3-5-11/h1-10,18-19H,(H2,16,17,20). The van der Waals surface area contributed by atoms with Crippen LogP contribution in [-0.2, 0) is 0 Å². The minimum absolute atomic E-state index is 0.0718. The number of anilines is 1. The number of hydrogen-bond donors (Lipinski definition) is 4. The summed E-state index contributed by atoms with van der Waals surface area (Å²) in [6.45, 7) is 0. The van der Waals surface area contributed by atoms with Crippen molar-refractivity contribution in [1.29, 1.82) is 0 Å². The molecule has 0 saturated carbocycles. The molecule has 2 rings (SSSR count). The molecule has 0 aromatic heterocycles. The normalized spacial score (nSPS) is 10.4. The average molecular weight is 270 g/mol. The minimum atomic E-state index is -0.488. The number of carbonyl (C=O) groups is 1. The van der Waals surface area contributed by atoms with Crippen LogP contribution in [0.1, 0.15) is 5.56 Å². The van der Waals surface area contributed by atoms with E-state index in [0.29, 0.717) is 0 Å². The smallest absolute Gasteiger partial charge is 0.323 e. The summed E-state index contributed by atoms with van der Waals surface area (Å²) in [4.78, 5) is 11.6. The largest absolute Gasteiger partial charge is 0.508 e. The summed E-state index contributed by atoms with van der Waals surface area (Å²) in [7, 11) is 0. The van der Waals surface area contributed by atoms with Gasteiger partial charge in [0, 0.05) is 12.3 Å². The number of benzene rings is 2. The Hall–Kier alpha value is -2.95. The molecule has 0 aliphatic heterocycles. The van der Waals surface area contributed by atoms with Gasteiger partial charge in [0.2, 0.25) is 0 Å². The molecule has 0 fully saturated rings. The van der Waals surface area contributed by atoms with Gasteiger partial charge in [-0.1, -0.05) is 30.3 Å². The lowest BCUT2D eigenvalue weighted by molar-refractivity contribution is 0.255. The number of nitrogens with one attached hydrogen (secondary N) is 2. The molecule has 5 heteroatoms. The van der Waals surface area contributed by atoms with Crippen LogP contribution in [0.3, 0.4) is 0 Å². The van der Waals surface area contributed by atoms with Gasteiger partial charge in [-0.05, 0) is 23.8 Å². The van der Waals surface area contributed by atoms with Crippen LogP contribution < -0.4 is 10.6 Å². The molecule has 0 atom stereocenters. The highest BCUT2D eigenvalue weighted by Gasteiger charge is 2.05. The number of rotatable bonds is 3. The highest BCUT2D eigenvalue weighted by molar-refractivity contribution is 5.91. The first-order chi connectivity index (χ1) is 9.65. The van der Waals surface area contributed by atoms with Crippen molar-refractivity contribution in [2.75, 3.05) is 5.32 Å². The average Bonchev–Trinajstić information content (AvgIpc) is 2.43. The molecule has 2 aromatic rings. The summed E-state index contributed by atoms with van der Waals surface area (Å²) in [5, 5.41) is 23.6. The molecule has 0 bridgehead atoms. The summed E-state index contributed by atoms with van der Waals surface area (Å²) < 4.78 is 0. The maximum Gasteiger partial charge on any atom is 0.323 e. The first-order valence-corrected chi connectivity index (χ1v) is 5.96. The van der Waals surface area contributed by atoms with Gasteiger partial charge >= 0.3 is 6.03 Å². The van der Waals surface area contributed by atoms with Crippen LogP contribution in [0.4, 0.5) is 10.5 Å². The summed E-state index contributed by atoms with van der Waals surface area (Å²) in [6, 6.07) is 12.9. The molecule has 0 saturated heterocycles. The lowest BCUT2D eigenvalue weighted by atomic mass is 10.2. The van der Waals surface area contributed by atoms with Gasteiger partial charge in [0.1, 0.15) is 11.5 Å². The Morgan fingerprint density at radius 2 is 1.80 bits per heavy atom. The zero-order valence-corrected chi connectivity index (χ0v) is 10.6. The molecule has 2 aromatic carbocycles. The van der Waals surface area contributed by atoms with E-state index in [1.807, 2.05) is 30.3 Å². The van der Waals surface area contributed by atoms with E-state index in [9.17, 15) is 9.90 Å². The van der Waals surface area contributed by atoms with Crippen LogP contribution >= 0.6 is 0 Å². The number of phenolic OH excluding ortho intramolecular Hbond substituents is 2. The van der Waals surface area contributed by atoms with Gasteiger partial charge < -0.3 is 20.8 Å². The maximum atomic E-state index is 11.6. The van der Waals surface area contributed by atoms with E-state index < -0.39 is 6.03 Å². The second-order valence-electron chi connectivity index (χ2n) is 4.04. The zero-order valence-electron chi connectivity index (χ0n) is 10.6. The Balaban J connectivity index is 1.91. The van der Waals surface area contributed by atoms with Crippen molar-refractivity contribution >= 4 is 17.8 Å². The third-order valence-electron chi connectivity index (χ3n) is 2.52. The Morgan fingerprint density at radius 3 is 2.50 bits per heavy atom. The van der Waals surface area contributed by atoms with Gasteiger partial charge in [-0.25, -0.2) is 4.79 Å². The molecule has 0 aliphatic rings. The van der Waals surface area contributed by atoms with Crippen molar-refractivity contribution in [2.45, 2.75) is 0 Å². The van der Waals surface area contributed by atoms with Crippen LogP contribution in [0, 0.1) is 0 Å². The SMILES string of the molecule is O=C(NC=Cc1ccccc1)Nc1ccc(O)cc1O. The predicted octanol–water partition coefficient (Wildman–Crippen LogP) is 2.89. The van der Waals surface area contributed by atoms with Crippen molar-refractivity contribution in [3.05, 3.63) is 60.3 Å². The molecule has 0 aliphatic carbocycles. The number of phenols is 2. The molecular weight excluding hydrogens is 256 g/mol. The topological polar surface area (TPSA) is 81.6 Å². The lowest BCUT2D eigenvalue weighted by Gasteiger charge is -2.06. The molecular formula is C15H14N2O3. The Labute approximate surface area is 116 Å². The molecule has 0 unspecified atom stereocenters. The highest BCUT2D eigenvalue weighted by Crippen LogP contribution is 2.26. The van der Waals surface area contributed by atoms with Crippen LogP contribution in [0.2, 0.25) is 0 Å². The van der Waals surface area contributed by atoms with Gasteiger partial charge in [-0.2, -0.15) is 0 Å². The first-order valence-electron chi connectivity index (χ1n) is 5.96. The van der Waals surface area contributed by atoms with E-state index >= 15 is 0 Å². The zero-order chi connectivity index (χ0) is 14.4. The van der Waals surface area contributed by atoms with Crippen molar-refractivity contribution in [3.63, 3.8) is 0 Å². The first kappa shape index (κ1) is 13.5. The predicted molar refractivity (Wildman–Crippen MR) is 77.4 cm³/mol. The molecule has 4 N–H and O–H groups in total. The second-order valence-corrected chi connectivity index (χ2v) is 4.04. The number of carbonyl (C=O) groups excluding carboxylic acids is 1. The molecule has 20 heavy (non-hydrogen) atoms. The van der Waals surface area contributed by atoms with E-state index in [-0.39, 0.29) is 17.2 Å². The Bertz CT molecular complexity index is 624. The quantitative estimate of drug-likeness (QED) is 0.511. The van der Waals surface area contributed by atoms with Gasteiger partial charge in [-0.15, -0.1) is 0 Å². The third kappa shape index (κ3) is 3.78. The van der Waals surface area contributed by atoms with E-state index in [0.717, 1.165) is 11.6 Å². The van der Waals surface area contributed by atoms with Crippen molar-refractivity contribution in [3.8, 4) is 11.5 Å². The summed E-state index contributed by atoms with van der Waals surface area (Å²) in [6.07, 6.45) is 3.25. The van der Waals surface area contributed by atoms with Crippen LogP contribution in [-0.4, -0.2) is 16.2 Å². The van der Waals surface area contributed by atoms with Crippen LogP contribution in [0.15, 0.2) is 54.7 Å². The number of urea groups is 1. The lowest BCUT2D eigenvalue weighted by Crippen LogP contribution is -2.23. The van der Waals surface area contributed by atoms with Gasteiger partial charge in [-0.3, -0.25) is 0 Å². The number of hydrogen-bond acceptors (Lipinski definition) is 3. The summed E-state index contributed by atoms with van der Waals surface area (Å²) in [5.41, 5.74) is 1.17.